The van der Waals surface area contributed by atoms with Gasteiger partial charge in [-0.1, -0.05) is 19.4 Å². The number of carbonyl (C=O) groups is 1. The number of rotatable bonds is 12. The smallest absolute Gasteiger partial charge is 0.323 e. The second-order valence-electron chi connectivity index (χ2n) is 8.35. The van der Waals surface area contributed by atoms with Crippen LogP contribution in [0.15, 0.2) is 18.2 Å². The fourth-order valence-corrected chi connectivity index (χ4v) is 5.25. The summed E-state index contributed by atoms with van der Waals surface area (Å²) in [5.41, 5.74) is 0.758. The number of amides is 2. The molecule has 1 heterocycles. The standard InChI is InChI=1S/C21H30FN3O4S/c1-15(17-7-8-18(22)19(11-17)29-13-16-5-6-16)14-30(27,28)10-4-2-3-9-25-12-20(23)24-21(25)26/h7-8,11,15-16H,2-6,9-10,12-14H2,1H3,(H2,23,24,26)/t15-/m0/s1. The first-order valence-corrected chi connectivity index (χ1v) is 12.3. The third kappa shape index (κ3) is 6.68. The lowest BCUT2D eigenvalue weighted by atomic mass is 10.0. The van der Waals surface area contributed by atoms with E-state index in [0.717, 1.165) is 18.4 Å². The summed E-state index contributed by atoms with van der Waals surface area (Å²) in [5.74, 6) is 0.325. The number of urea groups is 1. The quantitative estimate of drug-likeness (QED) is 0.488. The number of unbranched alkanes of at least 4 members (excludes halogenated alkanes) is 2. The molecule has 9 heteroatoms. The van der Waals surface area contributed by atoms with Gasteiger partial charge in [-0.3, -0.25) is 10.7 Å². The minimum Gasteiger partial charge on any atom is -0.490 e. The molecule has 0 aromatic heterocycles. The summed E-state index contributed by atoms with van der Waals surface area (Å²) in [6, 6.07) is 4.32. The molecule has 1 aromatic rings. The van der Waals surface area contributed by atoms with Crippen LogP contribution < -0.4 is 10.1 Å². The highest BCUT2D eigenvalue weighted by Crippen LogP contribution is 2.31. The summed E-state index contributed by atoms with van der Waals surface area (Å²) in [7, 11) is -3.25. The first-order valence-electron chi connectivity index (χ1n) is 10.5. The maximum absolute atomic E-state index is 14.0. The van der Waals surface area contributed by atoms with Crippen molar-refractivity contribution in [3.63, 3.8) is 0 Å². The number of halogens is 1. The number of carbonyl (C=O) groups excluding carboxylic acids is 1. The predicted octanol–water partition coefficient (Wildman–Crippen LogP) is 3.31. The second-order valence-corrected chi connectivity index (χ2v) is 10.6. The minimum absolute atomic E-state index is 0.00634. The normalized spacial score (nSPS) is 17.9. The Kier molecular flexibility index (Phi) is 7.33. The zero-order valence-corrected chi connectivity index (χ0v) is 18.1. The van der Waals surface area contributed by atoms with Crippen LogP contribution in [0.1, 0.15) is 50.5 Å². The van der Waals surface area contributed by atoms with Crippen molar-refractivity contribution in [3.8, 4) is 5.75 Å². The van der Waals surface area contributed by atoms with Gasteiger partial charge < -0.3 is 9.64 Å². The van der Waals surface area contributed by atoms with Crippen LogP contribution in [-0.2, 0) is 9.84 Å². The highest BCUT2D eigenvalue weighted by molar-refractivity contribution is 7.91. The molecule has 1 saturated carbocycles. The fourth-order valence-electron chi connectivity index (χ4n) is 3.48. The van der Waals surface area contributed by atoms with Crippen molar-refractivity contribution in [2.75, 3.05) is 31.2 Å². The van der Waals surface area contributed by atoms with E-state index in [1.165, 1.54) is 6.07 Å². The number of nitrogens with zero attached hydrogens (tertiary/aromatic N) is 1. The summed E-state index contributed by atoms with van der Waals surface area (Å²) in [6.07, 6.45) is 4.16. The van der Waals surface area contributed by atoms with E-state index >= 15 is 0 Å². The average Bonchev–Trinajstić information content (AvgIpc) is 3.44. The Balaban J connectivity index is 1.42. The molecule has 2 N–H and O–H groups in total. The third-order valence-corrected chi connectivity index (χ3v) is 7.40. The fraction of sp³-hybridized carbons (Fsp3) is 0.619. The number of nitrogens with one attached hydrogen (secondary N) is 2. The van der Waals surface area contributed by atoms with Crippen LogP contribution in [0.5, 0.6) is 5.75 Å². The lowest BCUT2D eigenvalue weighted by molar-refractivity contribution is 0.216. The van der Waals surface area contributed by atoms with Crippen molar-refractivity contribution in [2.45, 2.75) is 44.9 Å². The van der Waals surface area contributed by atoms with Gasteiger partial charge in [-0.15, -0.1) is 0 Å². The number of benzene rings is 1. The van der Waals surface area contributed by atoms with Gasteiger partial charge in [-0.2, -0.15) is 0 Å². The van der Waals surface area contributed by atoms with Crippen LogP contribution in [0, 0.1) is 17.1 Å². The van der Waals surface area contributed by atoms with E-state index in [9.17, 15) is 17.6 Å². The largest absolute Gasteiger partial charge is 0.490 e. The predicted molar refractivity (Wildman–Crippen MR) is 113 cm³/mol. The van der Waals surface area contributed by atoms with Gasteiger partial charge in [0.2, 0.25) is 0 Å². The van der Waals surface area contributed by atoms with Crippen molar-refractivity contribution in [2.24, 2.45) is 5.92 Å². The Morgan fingerprint density at radius 2 is 2.07 bits per heavy atom. The third-order valence-electron chi connectivity index (χ3n) is 5.48. The molecule has 3 rings (SSSR count). The van der Waals surface area contributed by atoms with Crippen molar-refractivity contribution in [3.05, 3.63) is 29.6 Å². The number of hydrogen-bond acceptors (Lipinski definition) is 5. The Hall–Kier alpha value is -2.16. The molecule has 2 fully saturated rings. The molecule has 2 amide bonds. The maximum Gasteiger partial charge on any atom is 0.323 e. The van der Waals surface area contributed by atoms with Crippen LogP contribution in [0.4, 0.5) is 9.18 Å². The Morgan fingerprint density at radius 3 is 2.73 bits per heavy atom. The minimum atomic E-state index is -3.25. The van der Waals surface area contributed by atoms with Crippen LogP contribution in [0.25, 0.3) is 0 Å². The van der Waals surface area contributed by atoms with E-state index in [4.69, 9.17) is 10.1 Å². The van der Waals surface area contributed by atoms with Gasteiger partial charge >= 0.3 is 6.03 Å². The zero-order valence-electron chi connectivity index (χ0n) is 17.3. The van der Waals surface area contributed by atoms with E-state index in [1.807, 2.05) is 6.92 Å². The molecular formula is C21H30FN3O4S. The molecule has 1 atom stereocenters. The number of ether oxygens (including phenoxy) is 1. The van der Waals surface area contributed by atoms with Crippen LogP contribution in [0.3, 0.4) is 0 Å². The summed E-state index contributed by atoms with van der Waals surface area (Å²) in [6.45, 7) is 3.15. The molecule has 0 radical (unpaired) electrons. The number of amidine groups is 1. The van der Waals surface area contributed by atoms with Crippen molar-refractivity contribution < 1.29 is 22.3 Å². The Labute approximate surface area is 177 Å². The molecule has 1 saturated heterocycles. The monoisotopic (exact) mass is 439 g/mol. The van der Waals surface area contributed by atoms with Crippen molar-refractivity contribution >= 4 is 21.7 Å². The van der Waals surface area contributed by atoms with E-state index in [0.29, 0.717) is 44.9 Å². The van der Waals surface area contributed by atoms with E-state index in [1.54, 1.807) is 17.0 Å². The molecule has 7 nitrogen and oxygen atoms in total. The lowest BCUT2D eigenvalue weighted by Crippen LogP contribution is -2.29. The molecule has 166 valence electrons. The zero-order chi connectivity index (χ0) is 21.7. The lowest BCUT2D eigenvalue weighted by Gasteiger charge is -2.15. The molecule has 0 spiro atoms. The van der Waals surface area contributed by atoms with E-state index < -0.39 is 15.7 Å². The summed E-state index contributed by atoms with van der Waals surface area (Å²) < 4.78 is 44.5. The van der Waals surface area contributed by atoms with Gasteiger partial charge in [0.25, 0.3) is 0 Å². The van der Waals surface area contributed by atoms with Gasteiger partial charge in [0, 0.05) is 6.54 Å². The van der Waals surface area contributed by atoms with Crippen molar-refractivity contribution in [1.82, 2.24) is 10.2 Å². The highest BCUT2D eigenvalue weighted by Gasteiger charge is 2.24. The van der Waals surface area contributed by atoms with Gasteiger partial charge in [-0.25, -0.2) is 17.6 Å². The summed E-state index contributed by atoms with van der Waals surface area (Å²) >= 11 is 0. The van der Waals surface area contributed by atoms with Crippen LogP contribution >= 0.6 is 0 Å². The topological polar surface area (TPSA) is 99.6 Å². The average molecular weight is 440 g/mol. The first kappa shape index (κ1) is 22.5. The molecule has 1 aliphatic carbocycles. The highest BCUT2D eigenvalue weighted by atomic mass is 32.2. The molecular weight excluding hydrogens is 409 g/mol. The van der Waals surface area contributed by atoms with E-state index in [2.05, 4.69) is 5.32 Å². The Bertz CT molecular complexity index is 886. The van der Waals surface area contributed by atoms with E-state index in [-0.39, 0.29) is 35.0 Å². The SMILES string of the molecule is C[C@@H](CS(=O)(=O)CCCCCN1CC(=N)NC1=O)c1ccc(F)c(OCC2CC2)c1. The molecule has 1 aliphatic heterocycles. The second kappa shape index (κ2) is 9.76. The van der Waals surface area contributed by atoms with Gasteiger partial charge in [0.1, 0.15) is 5.84 Å². The van der Waals surface area contributed by atoms with Gasteiger partial charge in [0.05, 0.1) is 24.7 Å². The Morgan fingerprint density at radius 1 is 1.30 bits per heavy atom. The molecule has 0 bridgehead atoms. The van der Waals surface area contributed by atoms with Crippen molar-refractivity contribution in [1.29, 1.82) is 5.41 Å². The molecule has 30 heavy (non-hydrogen) atoms. The molecule has 2 aliphatic rings. The first-order chi connectivity index (χ1) is 14.2. The maximum atomic E-state index is 14.0. The summed E-state index contributed by atoms with van der Waals surface area (Å²) in [5, 5.41) is 9.87. The van der Waals surface area contributed by atoms with Crippen LogP contribution in [-0.4, -0.2) is 56.4 Å². The van der Waals surface area contributed by atoms with Crippen LogP contribution in [0.2, 0.25) is 0 Å². The summed E-state index contributed by atoms with van der Waals surface area (Å²) in [4.78, 5) is 13.1. The molecule has 0 unspecified atom stereocenters. The molecule has 1 aromatic carbocycles. The number of hydrogen-bond donors (Lipinski definition) is 2. The van der Waals surface area contributed by atoms with Gasteiger partial charge in [0.15, 0.2) is 21.4 Å². The number of sulfone groups is 1. The van der Waals surface area contributed by atoms with Gasteiger partial charge in [-0.05, 0) is 55.2 Å².